The molecule has 1 aromatic carbocycles. The highest BCUT2D eigenvalue weighted by molar-refractivity contribution is 5.83. The van der Waals surface area contributed by atoms with Crippen molar-refractivity contribution in [1.82, 2.24) is 5.32 Å². The molecular formula is C21H31NO4. The summed E-state index contributed by atoms with van der Waals surface area (Å²) in [4.78, 5) is 24.4. The average molecular weight is 361 g/mol. The molecule has 5 heteroatoms. The van der Waals surface area contributed by atoms with E-state index in [0.29, 0.717) is 18.3 Å². The molecule has 1 aromatic rings. The molecule has 26 heavy (non-hydrogen) atoms. The smallest absolute Gasteiger partial charge is 0.306 e. The Kier molecular flexibility index (Phi) is 7.49. The van der Waals surface area contributed by atoms with Crippen LogP contribution in [-0.2, 0) is 20.7 Å². The first kappa shape index (κ1) is 20.3. The molecule has 0 saturated heterocycles. The lowest BCUT2D eigenvalue weighted by Crippen LogP contribution is -2.47. The van der Waals surface area contributed by atoms with E-state index < -0.39 is 6.10 Å². The van der Waals surface area contributed by atoms with Crippen LogP contribution in [0.3, 0.4) is 0 Å². The van der Waals surface area contributed by atoms with Gasteiger partial charge in [-0.05, 0) is 49.3 Å². The Balaban J connectivity index is 1.75. The maximum absolute atomic E-state index is 12.3. The summed E-state index contributed by atoms with van der Waals surface area (Å²) in [7, 11) is 1.62. The summed E-state index contributed by atoms with van der Waals surface area (Å²) in [6.07, 6.45) is 3.41. The Bertz CT molecular complexity index is 599. The summed E-state index contributed by atoms with van der Waals surface area (Å²) in [6.45, 7) is 6.05. The maximum Gasteiger partial charge on any atom is 0.306 e. The van der Waals surface area contributed by atoms with E-state index in [9.17, 15) is 9.59 Å². The van der Waals surface area contributed by atoms with Crippen LogP contribution in [0.5, 0.6) is 5.75 Å². The highest BCUT2D eigenvalue weighted by atomic mass is 16.5. The van der Waals surface area contributed by atoms with Gasteiger partial charge in [-0.3, -0.25) is 9.59 Å². The predicted molar refractivity (Wildman–Crippen MR) is 101 cm³/mol. The summed E-state index contributed by atoms with van der Waals surface area (Å²) < 4.78 is 10.4. The zero-order valence-corrected chi connectivity index (χ0v) is 16.3. The number of benzene rings is 1. The molecule has 1 N–H and O–H groups in total. The Morgan fingerprint density at radius 3 is 2.54 bits per heavy atom. The lowest BCUT2D eigenvalue weighted by atomic mass is 9.78. The van der Waals surface area contributed by atoms with Crippen LogP contribution in [0.4, 0.5) is 0 Å². The minimum absolute atomic E-state index is 0.173. The molecule has 4 atom stereocenters. The zero-order chi connectivity index (χ0) is 19.1. The van der Waals surface area contributed by atoms with Crippen molar-refractivity contribution >= 4 is 11.9 Å². The van der Waals surface area contributed by atoms with Crippen molar-refractivity contribution in [1.29, 1.82) is 0 Å². The van der Waals surface area contributed by atoms with Gasteiger partial charge in [-0.25, -0.2) is 0 Å². The van der Waals surface area contributed by atoms with Crippen LogP contribution in [0.25, 0.3) is 0 Å². The van der Waals surface area contributed by atoms with E-state index in [-0.39, 0.29) is 24.3 Å². The van der Waals surface area contributed by atoms with Gasteiger partial charge in [0.05, 0.1) is 7.11 Å². The fourth-order valence-electron chi connectivity index (χ4n) is 3.43. The van der Waals surface area contributed by atoms with Crippen LogP contribution in [0.2, 0.25) is 0 Å². The van der Waals surface area contributed by atoms with Crippen molar-refractivity contribution in [3.63, 3.8) is 0 Å². The number of hydrogen-bond acceptors (Lipinski definition) is 4. The second kappa shape index (κ2) is 9.60. The Labute approximate surface area is 156 Å². The Morgan fingerprint density at radius 2 is 1.88 bits per heavy atom. The van der Waals surface area contributed by atoms with E-state index in [0.717, 1.165) is 24.2 Å². The highest BCUT2D eigenvalue weighted by Crippen LogP contribution is 2.29. The second-order valence-corrected chi connectivity index (χ2v) is 7.36. The first-order valence-electron chi connectivity index (χ1n) is 9.53. The number of esters is 1. The van der Waals surface area contributed by atoms with Gasteiger partial charge in [0.15, 0.2) is 6.10 Å². The number of carbonyl (C=O) groups excluding carboxylic acids is 2. The van der Waals surface area contributed by atoms with Crippen LogP contribution >= 0.6 is 0 Å². The predicted octanol–water partition coefficient (Wildman–Crippen LogP) is 3.50. The third-order valence-electron chi connectivity index (χ3n) is 5.49. The first-order valence-corrected chi connectivity index (χ1v) is 9.53. The maximum atomic E-state index is 12.3. The van der Waals surface area contributed by atoms with E-state index in [1.54, 1.807) is 14.0 Å². The molecule has 1 fully saturated rings. The lowest BCUT2D eigenvalue weighted by Gasteiger charge is -2.35. The molecule has 1 amide bonds. The molecule has 1 aliphatic rings. The first-order chi connectivity index (χ1) is 12.4. The van der Waals surface area contributed by atoms with Crippen molar-refractivity contribution < 1.29 is 19.1 Å². The van der Waals surface area contributed by atoms with Crippen molar-refractivity contribution in [3.8, 4) is 5.75 Å². The SMILES string of the molecule is COc1ccc(CCC(=O)O[C@H](C)C(=O)N[C@H]2CCC[C@H](C)[C@H]2C)cc1. The number of aryl methyl sites for hydroxylation is 1. The van der Waals surface area contributed by atoms with E-state index in [1.165, 1.54) is 6.42 Å². The minimum atomic E-state index is -0.761. The monoisotopic (exact) mass is 361 g/mol. The number of amides is 1. The van der Waals surface area contributed by atoms with Crippen LogP contribution < -0.4 is 10.1 Å². The molecule has 0 heterocycles. The molecule has 1 saturated carbocycles. The van der Waals surface area contributed by atoms with Gasteiger partial charge < -0.3 is 14.8 Å². The van der Waals surface area contributed by atoms with Crippen LogP contribution in [0.1, 0.15) is 52.0 Å². The third kappa shape index (κ3) is 5.75. The van der Waals surface area contributed by atoms with E-state index in [2.05, 4.69) is 19.2 Å². The molecule has 0 spiro atoms. The van der Waals surface area contributed by atoms with Crippen molar-refractivity contribution in [2.45, 2.75) is 65.0 Å². The molecule has 0 unspecified atom stereocenters. The summed E-state index contributed by atoms with van der Waals surface area (Å²) in [5, 5.41) is 3.06. The van der Waals surface area contributed by atoms with Crippen molar-refractivity contribution in [2.75, 3.05) is 7.11 Å². The number of carbonyl (C=O) groups is 2. The van der Waals surface area contributed by atoms with Gasteiger partial charge in [0.25, 0.3) is 5.91 Å². The molecule has 0 aliphatic heterocycles. The van der Waals surface area contributed by atoms with Crippen LogP contribution in [0, 0.1) is 11.8 Å². The minimum Gasteiger partial charge on any atom is -0.497 e. The van der Waals surface area contributed by atoms with E-state index >= 15 is 0 Å². The fraction of sp³-hybridized carbons (Fsp3) is 0.619. The molecule has 2 rings (SSSR count). The van der Waals surface area contributed by atoms with E-state index in [1.807, 2.05) is 24.3 Å². The van der Waals surface area contributed by atoms with Gasteiger partial charge >= 0.3 is 5.97 Å². The van der Waals surface area contributed by atoms with Gasteiger partial charge in [0.1, 0.15) is 5.75 Å². The van der Waals surface area contributed by atoms with Gasteiger partial charge in [-0.2, -0.15) is 0 Å². The number of ether oxygens (including phenoxy) is 2. The molecular weight excluding hydrogens is 330 g/mol. The van der Waals surface area contributed by atoms with Crippen molar-refractivity contribution in [2.24, 2.45) is 11.8 Å². The Hall–Kier alpha value is -2.04. The van der Waals surface area contributed by atoms with Gasteiger partial charge in [0.2, 0.25) is 0 Å². The van der Waals surface area contributed by atoms with Gasteiger partial charge in [-0.1, -0.05) is 38.8 Å². The number of nitrogens with one attached hydrogen (secondary N) is 1. The Morgan fingerprint density at radius 1 is 1.19 bits per heavy atom. The number of rotatable bonds is 7. The van der Waals surface area contributed by atoms with Crippen LogP contribution in [-0.4, -0.2) is 31.1 Å². The second-order valence-electron chi connectivity index (χ2n) is 7.36. The average Bonchev–Trinajstić information content (AvgIpc) is 2.64. The van der Waals surface area contributed by atoms with Gasteiger partial charge in [0, 0.05) is 12.5 Å². The summed E-state index contributed by atoms with van der Waals surface area (Å²) in [5.41, 5.74) is 1.03. The fourth-order valence-corrected chi connectivity index (χ4v) is 3.43. The normalized spacial score (nSPS) is 23.8. The summed E-state index contributed by atoms with van der Waals surface area (Å²) in [5.74, 6) is 1.29. The molecule has 1 aliphatic carbocycles. The van der Waals surface area contributed by atoms with Crippen LogP contribution in [0.15, 0.2) is 24.3 Å². The topological polar surface area (TPSA) is 64.6 Å². The van der Waals surface area contributed by atoms with Gasteiger partial charge in [-0.15, -0.1) is 0 Å². The number of hydrogen-bond donors (Lipinski definition) is 1. The third-order valence-corrected chi connectivity index (χ3v) is 5.49. The molecule has 0 bridgehead atoms. The largest absolute Gasteiger partial charge is 0.497 e. The summed E-state index contributed by atoms with van der Waals surface area (Å²) >= 11 is 0. The molecule has 144 valence electrons. The van der Waals surface area contributed by atoms with Crippen molar-refractivity contribution in [3.05, 3.63) is 29.8 Å². The standard InChI is InChI=1S/C21H31NO4/c1-14-6-5-7-19(15(14)2)22-21(24)16(3)26-20(23)13-10-17-8-11-18(25-4)12-9-17/h8-9,11-12,14-16,19H,5-7,10,13H2,1-4H3,(H,22,24)/t14-,15+,16+,19-/m0/s1. The highest BCUT2D eigenvalue weighted by Gasteiger charge is 2.30. The number of methoxy groups -OCH3 is 1. The molecule has 0 radical (unpaired) electrons. The zero-order valence-electron chi connectivity index (χ0n) is 16.3. The quantitative estimate of drug-likeness (QED) is 0.755. The summed E-state index contributed by atoms with van der Waals surface area (Å²) in [6, 6.07) is 7.75. The lowest BCUT2D eigenvalue weighted by molar-refractivity contribution is -0.155. The van der Waals surface area contributed by atoms with E-state index in [4.69, 9.17) is 9.47 Å². The molecule has 0 aromatic heterocycles. The molecule has 5 nitrogen and oxygen atoms in total.